The summed E-state index contributed by atoms with van der Waals surface area (Å²) < 4.78 is 0. The van der Waals surface area contributed by atoms with Crippen molar-refractivity contribution >= 4 is 18.4 Å². The molecule has 0 aromatic carbocycles. The van der Waals surface area contributed by atoms with Gasteiger partial charge in [-0.1, -0.05) is 0 Å². The first kappa shape index (κ1) is 11.8. The highest BCUT2D eigenvalue weighted by atomic mass is 16.1. The Hall–Kier alpha value is -1.25. The number of unbranched alkanes of at least 4 members (excludes halogenated alkanes) is 2. The number of carbonyl (C=O) groups is 3. The SMILES string of the molecule is CC(=O)C=C(C=O)CCCCC=O. The molecule has 0 aliphatic rings. The predicted octanol–water partition coefficient (Wildman–Crippen LogP) is 1.46. The smallest absolute Gasteiger partial charge is 0.153 e. The van der Waals surface area contributed by atoms with Crippen LogP contribution in [0.15, 0.2) is 11.6 Å². The molecule has 0 N–H and O–H groups in total. The van der Waals surface area contributed by atoms with E-state index in [4.69, 9.17) is 0 Å². The molecule has 0 amide bonds. The number of hydrogen-bond donors (Lipinski definition) is 0. The van der Waals surface area contributed by atoms with E-state index >= 15 is 0 Å². The van der Waals surface area contributed by atoms with Crippen LogP contribution in [0.5, 0.6) is 0 Å². The Kier molecular flexibility index (Phi) is 6.69. The number of allylic oxidation sites excluding steroid dienone is 2. The van der Waals surface area contributed by atoms with Crippen molar-refractivity contribution in [3.8, 4) is 0 Å². The summed E-state index contributed by atoms with van der Waals surface area (Å²) in [5.74, 6) is -0.113. The van der Waals surface area contributed by atoms with Crippen LogP contribution in [0.1, 0.15) is 32.6 Å². The average Bonchev–Trinajstić information content (AvgIpc) is 2.09. The second-order valence-electron chi connectivity index (χ2n) is 2.86. The molecule has 0 aromatic rings. The third-order valence-electron chi connectivity index (χ3n) is 1.58. The maximum absolute atomic E-state index is 10.6. The molecule has 0 rings (SSSR count). The van der Waals surface area contributed by atoms with E-state index in [1.807, 2.05) is 0 Å². The summed E-state index contributed by atoms with van der Waals surface area (Å²) in [5.41, 5.74) is 0.512. The van der Waals surface area contributed by atoms with Crippen molar-refractivity contribution in [1.29, 1.82) is 0 Å². The molecule has 3 heteroatoms. The third-order valence-corrected chi connectivity index (χ3v) is 1.58. The zero-order chi connectivity index (χ0) is 10.1. The van der Waals surface area contributed by atoms with Crippen LogP contribution in [0.25, 0.3) is 0 Å². The van der Waals surface area contributed by atoms with Gasteiger partial charge < -0.3 is 4.79 Å². The zero-order valence-electron chi connectivity index (χ0n) is 7.79. The van der Waals surface area contributed by atoms with E-state index < -0.39 is 0 Å². The molecule has 0 fully saturated rings. The number of ketones is 1. The number of rotatable bonds is 7. The van der Waals surface area contributed by atoms with Crippen LogP contribution < -0.4 is 0 Å². The zero-order valence-corrected chi connectivity index (χ0v) is 7.79. The van der Waals surface area contributed by atoms with Gasteiger partial charge in [0.2, 0.25) is 0 Å². The first-order valence-electron chi connectivity index (χ1n) is 4.30. The van der Waals surface area contributed by atoms with E-state index in [2.05, 4.69) is 0 Å². The number of hydrogen-bond acceptors (Lipinski definition) is 3. The van der Waals surface area contributed by atoms with E-state index in [9.17, 15) is 14.4 Å². The summed E-state index contributed by atoms with van der Waals surface area (Å²) in [7, 11) is 0. The molecule has 0 aliphatic heterocycles. The maximum atomic E-state index is 10.6. The summed E-state index contributed by atoms with van der Waals surface area (Å²) in [4.78, 5) is 31.0. The second-order valence-corrected chi connectivity index (χ2v) is 2.86. The van der Waals surface area contributed by atoms with E-state index in [-0.39, 0.29) is 5.78 Å². The Labute approximate surface area is 77.8 Å². The highest BCUT2D eigenvalue weighted by molar-refractivity contribution is 5.93. The van der Waals surface area contributed by atoms with Crippen LogP contribution in [-0.2, 0) is 14.4 Å². The molecule has 0 aromatic heterocycles. The monoisotopic (exact) mass is 182 g/mol. The summed E-state index contributed by atoms with van der Waals surface area (Å²) in [6.07, 6.45) is 5.54. The van der Waals surface area contributed by atoms with Gasteiger partial charge in [0.25, 0.3) is 0 Å². The Balaban J connectivity index is 3.78. The Bertz CT molecular complexity index is 216. The molecule has 0 unspecified atom stereocenters. The molecule has 3 nitrogen and oxygen atoms in total. The van der Waals surface area contributed by atoms with Gasteiger partial charge in [-0.05, 0) is 37.8 Å². The van der Waals surface area contributed by atoms with Crippen molar-refractivity contribution in [2.24, 2.45) is 0 Å². The molecule has 0 heterocycles. The molecule has 13 heavy (non-hydrogen) atoms. The molecule has 0 saturated heterocycles. The van der Waals surface area contributed by atoms with E-state index in [1.165, 1.54) is 13.0 Å². The highest BCUT2D eigenvalue weighted by Crippen LogP contribution is 2.06. The molecule has 0 atom stereocenters. The molecule has 0 saturated carbocycles. The average molecular weight is 182 g/mol. The van der Waals surface area contributed by atoms with Gasteiger partial charge in [-0.25, -0.2) is 0 Å². The lowest BCUT2D eigenvalue weighted by Crippen LogP contribution is -1.91. The lowest BCUT2D eigenvalue weighted by atomic mass is 10.1. The molecule has 0 radical (unpaired) electrons. The van der Waals surface area contributed by atoms with Gasteiger partial charge >= 0.3 is 0 Å². The predicted molar refractivity (Wildman–Crippen MR) is 49.4 cm³/mol. The summed E-state index contributed by atoms with van der Waals surface area (Å²) >= 11 is 0. The lowest BCUT2D eigenvalue weighted by molar-refractivity contribution is -0.113. The van der Waals surface area contributed by atoms with Crippen molar-refractivity contribution in [3.63, 3.8) is 0 Å². The Morgan fingerprint density at radius 1 is 1.23 bits per heavy atom. The number of carbonyl (C=O) groups excluding carboxylic acids is 3. The molecule has 0 spiro atoms. The fraction of sp³-hybridized carbons (Fsp3) is 0.500. The summed E-state index contributed by atoms with van der Waals surface area (Å²) in [5, 5.41) is 0. The van der Waals surface area contributed by atoms with Crippen molar-refractivity contribution in [2.45, 2.75) is 32.6 Å². The van der Waals surface area contributed by atoms with Gasteiger partial charge in [-0.2, -0.15) is 0 Å². The standard InChI is InChI=1S/C10H14O3/c1-9(13)7-10(8-12)5-3-2-4-6-11/h6-8H,2-5H2,1H3. The first-order chi connectivity index (χ1) is 6.20. The molecule has 72 valence electrons. The van der Waals surface area contributed by atoms with Crippen LogP contribution in [-0.4, -0.2) is 18.4 Å². The van der Waals surface area contributed by atoms with Gasteiger partial charge in [0, 0.05) is 6.42 Å². The van der Waals surface area contributed by atoms with Crippen molar-refractivity contribution in [3.05, 3.63) is 11.6 Å². The molecular weight excluding hydrogens is 168 g/mol. The van der Waals surface area contributed by atoms with Gasteiger partial charge in [-0.15, -0.1) is 0 Å². The highest BCUT2D eigenvalue weighted by Gasteiger charge is 1.97. The lowest BCUT2D eigenvalue weighted by Gasteiger charge is -1.96. The largest absolute Gasteiger partial charge is 0.303 e. The van der Waals surface area contributed by atoms with Crippen molar-refractivity contribution in [1.82, 2.24) is 0 Å². The fourth-order valence-electron chi connectivity index (χ4n) is 0.983. The third kappa shape index (κ3) is 7.12. The minimum absolute atomic E-state index is 0.113. The Morgan fingerprint density at radius 3 is 2.38 bits per heavy atom. The van der Waals surface area contributed by atoms with Gasteiger partial charge in [0.05, 0.1) is 0 Å². The fourth-order valence-corrected chi connectivity index (χ4v) is 0.983. The van der Waals surface area contributed by atoms with E-state index in [0.717, 1.165) is 19.1 Å². The van der Waals surface area contributed by atoms with Crippen LogP contribution >= 0.6 is 0 Å². The van der Waals surface area contributed by atoms with Gasteiger partial charge in [0.15, 0.2) is 5.78 Å². The minimum atomic E-state index is -0.113. The van der Waals surface area contributed by atoms with Crippen LogP contribution in [0.3, 0.4) is 0 Å². The van der Waals surface area contributed by atoms with Gasteiger partial charge in [0.1, 0.15) is 12.6 Å². The molecule has 0 aliphatic carbocycles. The van der Waals surface area contributed by atoms with E-state index in [1.54, 1.807) is 0 Å². The van der Waals surface area contributed by atoms with Gasteiger partial charge in [-0.3, -0.25) is 9.59 Å². The van der Waals surface area contributed by atoms with Crippen molar-refractivity contribution < 1.29 is 14.4 Å². The second kappa shape index (κ2) is 7.40. The first-order valence-corrected chi connectivity index (χ1v) is 4.30. The Morgan fingerprint density at radius 2 is 1.92 bits per heavy atom. The molecule has 0 bridgehead atoms. The summed E-state index contributed by atoms with van der Waals surface area (Å²) in [6, 6.07) is 0. The van der Waals surface area contributed by atoms with Crippen molar-refractivity contribution in [2.75, 3.05) is 0 Å². The topological polar surface area (TPSA) is 51.2 Å². The quantitative estimate of drug-likeness (QED) is 0.340. The number of aldehydes is 2. The molecular formula is C10H14O3. The van der Waals surface area contributed by atoms with Crippen LogP contribution in [0, 0.1) is 0 Å². The maximum Gasteiger partial charge on any atom is 0.153 e. The normalized spacial score (nSPS) is 11.0. The van der Waals surface area contributed by atoms with E-state index in [0.29, 0.717) is 24.7 Å². The minimum Gasteiger partial charge on any atom is -0.303 e. The van der Waals surface area contributed by atoms with Crippen LogP contribution in [0.4, 0.5) is 0 Å². The van der Waals surface area contributed by atoms with Crippen LogP contribution in [0.2, 0.25) is 0 Å². The summed E-state index contributed by atoms with van der Waals surface area (Å²) in [6.45, 7) is 1.41.